The summed E-state index contributed by atoms with van der Waals surface area (Å²) in [6.45, 7) is 3.21. The molecule has 1 aromatic heterocycles. The highest BCUT2D eigenvalue weighted by Gasteiger charge is 2.30. The molecule has 0 bridgehead atoms. The van der Waals surface area contributed by atoms with Gasteiger partial charge in [-0.05, 0) is 67.1 Å². The number of nitrogens with zero attached hydrogens (tertiary/aromatic N) is 3. The molecule has 2 aromatic carbocycles. The Morgan fingerprint density at radius 1 is 1.00 bits per heavy atom. The van der Waals surface area contributed by atoms with Crippen molar-refractivity contribution in [2.45, 2.75) is 51.2 Å². The normalized spacial score (nSPS) is 16.0. The lowest BCUT2D eigenvalue weighted by Crippen LogP contribution is -2.50. The third-order valence-electron chi connectivity index (χ3n) is 6.17. The molecule has 168 valence electrons. The lowest BCUT2D eigenvalue weighted by atomic mass is 9.93. The summed E-state index contributed by atoms with van der Waals surface area (Å²) in [5.41, 5.74) is 3.61. The van der Waals surface area contributed by atoms with Crippen LogP contribution in [0.1, 0.15) is 36.0 Å². The molecule has 3 aromatic rings. The SMILES string of the molecule is O=C(NCCc1ccc(F)cc1)C1Cc2ccccc2CN1CCCCCn1cccn1. The topological polar surface area (TPSA) is 50.2 Å². The molecular formula is C26H31FN4O. The average molecular weight is 435 g/mol. The molecule has 32 heavy (non-hydrogen) atoms. The maximum absolute atomic E-state index is 13.1. The number of unbranched alkanes of at least 4 members (excludes halogenated alkanes) is 2. The molecule has 2 heterocycles. The summed E-state index contributed by atoms with van der Waals surface area (Å²) in [5, 5.41) is 7.36. The van der Waals surface area contributed by atoms with E-state index in [4.69, 9.17) is 0 Å². The Labute approximate surface area is 189 Å². The van der Waals surface area contributed by atoms with E-state index < -0.39 is 0 Å². The van der Waals surface area contributed by atoms with Gasteiger partial charge in [0.05, 0.1) is 6.04 Å². The highest BCUT2D eigenvalue weighted by atomic mass is 19.1. The Bertz CT molecular complexity index is 987. The Balaban J connectivity index is 1.30. The van der Waals surface area contributed by atoms with E-state index in [0.717, 1.165) is 50.9 Å². The molecule has 0 aliphatic carbocycles. The van der Waals surface area contributed by atoms with Crippen LogP contribution < -0.4 is 5.32 Å². The summed E-state index contributed by atoms with van der Waals surface area (Å²) in [4.78, 5) is 15.4. The highest BCUT2D eigenvalue weighted by molar-refractivity contribution is 5.82. The summed E-state index contributed by atoms with van der Waals surface area (Å²) >= 11 is 0. The maximum Gasteiger partial charge on any atom is 0.237 e. The van der Waals surface area contributed by atoms with Crippen LogP contribution in [0, 0.1) is 5.82 Å². The standard InChI is InChI=1S/C26H31FN4O/c27-24-11-9-21(10-12-24)13-15-28-26(32)25-19-22-7-2-3-8-23(22)20-30(25)16-4-1-5-17-31-18-6-14-29-31/h2-3,6-12,14,18,25H,1,4-5,13,15-17,19-20H2,(H,28,32). The van der Waals surface area contributed by atoms with Gasteiger partial charge in [0, 0.05) is 32.0 Å². The molecule has 0 radical (unpaired) electrons. The predicted octanol–water partition coefficient (Wildman–Crippen LogP) is 3.98. The summed E-state index contributed by atoms with van der Waals surface area (Å²) in [6, 6.07) is 16.7. The van der Waals surface area contributed by atoms with E-state index in [0.29, 0.717) is 13.0 Å². The van der Waals surface area contributed by atoms with Crippen molar-refractivity contribution in [3.8, 4) is 0 Å². The number of benzene rings is 2. The van der Waals surface area contributed by atoms with Crippen LogP contribution in [0.4, 0.5) is 4.39 Å². The molecule has 5 nitrogen and oxygen atoms in total. The molecule has 0 fully saturated rings. The number of fused-ring (bicyclic) bond motifs is 1. The van der Waals surface area contributed by atoms with Crippen molar-refractivity contribution in [3.05, 3.63) is 89.5 Å². The summed E-state index contributed by atoms with van der Waals surface area (Å²) in [6.07, 6.45) is 8.49. The predicted molar refractivity (Wildman–Crippen MR) is 124 cm³/mol. The van der Waals surface area contributed by atoms with E-state index >= 15 is 0 Å². The minimum Gasteiger partial charge on any atom is -0.354 e. The number of aromatic nitrogens is 2. The first-order chi connectivity index (χ1) is 15.7. The third kappa shape index (κ3) is 6.04. The van der Waals surface area contributed by atoms with Gasteiger partial charge in [-0.1, -0.05) is 42.8 Å². The van der Waals surface area contributed by atoms with Gasteiger partial charge in [-0.25, -0.2) is 4.39 Å². The maximum atomic E-state index is 13.1. The molecule has 1 aliphatic rings. The van der Waals surface area contributed by atoms with Crippen molar-refractivity contribution < 1.29 is 9.18 Å². The molecule has 0 saturated heterocycles. The van der Waals surface area contributed by atoms with E-state index in [1.807, 2.05) is 29.2 Å². The molecular weight excluding hydrogens is 403 g/mol. The van der Waals surface area contributed by atoms with Gasteiger partial charge in [0.25, 0.3) is 0 Å². The Hall–Kier alpha value is -2.99. The van der Waals surface area contributed by atoms with Gasteiger partial charge in [0.1, 0.15) is 5.82 Å². The summed E-state index contributed by atoms with van der Waals surface area (Å²) in [7, 11) is 0. The molecule has 0 saturated carbocycles. The van der Waals surface area contributed by atoms with E-state index in [9.17, 15) is 9.18 Å². The van der Waals surface area contributed by atoms with Gasteiger partial charge < -0.3 is 5.32 Å². The number of hydrogen-bond donors (Lipinski definition) is 1. The first kappa shape index (κ1) is 22.2. The zero-order valence-corrected chi connectivity index (χ0v) is 18.4. The van der Waals surface area contributed by atoms with Crippen molar-refractivity contribution in [3.63, 3.8) is 0 Å². The lowest BCUT2D eigenvalue weighted by Gasteiger charge is -2.36. The van der Waals surface area contributed by atoms with E-state index in [1.54, 1.807) is 12.1 Å². The van der Waals surface area contributed by atoms with Crippen molar-refractivity contribution in [2.75, 3.05) is 13.1 Å². The van der Waals surface area contributed by atoms with Crippen molar-refractivity contribution in [1.29, 1.82) is 0 Å². The molecule has 1 N–H and O–H groups in total. The van der Waals surface area contributed by atoms with Gasteiger partial charge in [0.15, 0.2) is 0 Å². The Morgan fingerprint density at radius 2 is 1.78 bits per heavy atom. The van der Waals surface area contributed by atoms with Crippen LogP contribution in [-0.2, 0) is 30.7 Å². The van der Waals surface area contributed by atoms with Gasteiger partial charge in [-0.2, -0.15) is 5.10 Å². The van der Waals surface area contributed by atoms with Crippen LogP contribution in [0.5, 0.6) is 0 Å². The number of amides is 1. The van der Waals surface area contributed by atoms with Crippen LogP contribution in [0.2, 0.25) is 0 Å². The molecule has 0 spiro atoms. The minimum atomic E-state index is -0.237. The van der Waals surface area contributed by atoms with Crippen LogP contribution in [0.25, 0.3) is 0 Å². The number of aryl methyl sites for hydroxylation is 1. The minimum absolute atomic E-state index is 0.0816. The Morgan fingerprint density at radius 3 is 2.56 bits per heavy atom. The highest BCUT2D eigenvalue weighted by Crippen LogP contribution is 2.24. The van der Waals surface area contributed by atoms with Gasteiger partial charge in [-0.15, -0.1) is 0 Å². The first-order valence-electron chi connectivity index (χ1n) is 11.5. The molecule has 1 amide bonds. The van der Waals surface area contributed by atoms with Gasteiger partial charge in [0.2, 0.25) is 5.91 Å². The Kier molecular flexibility index (Phi) is 7.67. The molecule has 1 atom stereocenters. The zero-order chi connectivity index (χ0) is 22.2. The largest absolute Gasteiger partial charge is 0.354 e. The van der Waals surface area contributed by atoms with Gasteiger partial charge >= 0.3 is 0 Å². The van der Waals surface area contributed by atoms with Crippen LogP contribution in [0.3, 0.4) is 0 Å². The second-order valence-corrected chi connectivity index (χ2v) is 8.46. The second-order valence-electron chi connectivity index (χ2n) is 8.46. The fourth-order valence-electron chi connectivity index (χ4n) is 4.37. The fourth-order valence-corrected chi connectivity index (χ4v) is 4.37. The quantitative estimate of drug-likeness (QED) is 0.491. The number of rotatable bonds is 10. The molecule has 6 heteroatoms. The van der Waals surface area contributed by atoms with Crippen molar-refractivity contribution >= 4 is 5.91 Å². The lowest BCUT2D eigenvalue weighted by molar-refractivity contribution is -0.127. The number of hydrogen-bond acceptors (Lipinski definition) is 3. The van der Waals surface area contributed by atoms with Gasteiger partial charge in [-0.3, -0.25) is 14.4 Å². The number of nitrogens with one attached hydrogen (secondary N) is 1. The third-order valence-corrected chi connectivity index (χ3v) is 6.17. The van der Waals surface area contributed by atoms with E-state index in [1.165, 1.54) is 23.3 Å². The van der Waals surface area contributed by atoms with Crippen LogP contribution in [0.15, 0.2) is 67.0 Å². The monoisotopic (exact) mass is 434 g/mol. The average Bonchev–Trinajstić information content (AvgIpc) is 3.33. The number of carbonyl (C=O) groups excluding carboxylic acids is 1. The van der Waals surface area contributed by atoms with Crippen molar-refractivity contribution in [1.82, 2.24) is 20.0 Å². The molecule has 1 unspecified atom stereocenters. The summed E-state index contributed by atoms with van der Waals surface area (Å²) in [5.74, 6) is -0.155. The molecule has 1 aliphatic heterocycles. The number of halogens is 1. The number of carbonyl (C=O) groups is 1. The van der Waals surface area contributed by atoms with Crippen molar-refractivity contribution in [2.24, 2.45) is 0 Å². The zero-order valence-electron chi connectivity index (χ0n) is 18.4. The first-order valence-corrected chi connectivity index (χ1v) is 11.5. The molecule has 4 rings (SSSR count). The van der Waals surface area contributed by atoms with E-state index in [2.05, 4.69) is 33.5 Å². The second kappa shape index (κ2) is 11.0. The van der Waals surface area contributed by atoms with E-state index in [-0.39, 0.29) is 17.8 Å². The van der Waals surface area contributed by atoms with Crippen LogP contribution in [-0.4, -0.2) is 39.7 Å². The fraction of sp³-hybridized carbons (Fsp3) is 0.385. The van der Waals surface area contributed by atoms with Crippen LogP contribution >= 0.6 is 0 Å². The summed E-state index contributed by atoms with van der Waals surface area (Å²) < 4.78 is 15.1. The smallest absolute Gasteiger partial charge is 0.237 e.